The molecule has 13 heteroatoms. The summed E-state index contributed by atoms with van der Waals surface area (Å²) in [7, 11) is -9.76. The Morgan fingerprint density at radius 1 is 0.829 bits per heavy atom. The maximum Gasteiger partial charge on any atom is 0.357 e. The Morgan fingerprint density at radius 3 is 1.83 bits per heavy atom. The number of carbonyl (C=O) groups is 2. The summed E-state index contributed by atoms with van der Waals surface area (Å²) in [6.07, 6.45) is 0.121. The lowest BCUT2D eigenvalue weighted by atomic mass is 9.98. The van der Waals surface area contributed by atoms with Crippen LogP contribution in [-0.2, 0) is 49.2 Å². The zero-order chi connectivity index (χ0) is 30.9. The van der Waals surface area contributed by atoms with Crippen LogP contribution in [0.15, 0.2) is 54.6 Å². The predicted octanol–water partition coefficient (Wildman–Crippen LogP) is 6.34. The monoisotopic (exact) mass is 614 g/mol. The summed E-state index contributed by atoms with van der Waals surface area (Å²) < 4.78 is 74.6. The first kappa shape index (κ1) is 34.4. The van der Waals surface area contributed by atoms with Gasteiger partial charge in [0.05, 0.1) is 10.8 Å². The van der Waals surface area contributed by atoms with Gasteiger partial charge in [0.2, 0.25) is 13.6 Å². The van der Waals surface area contributed by atoms with E-state index in [1.54, 1.807) is 71.9 Å². The lowest BCUT2D eigenvalue weighted by molar-refractivity contribution is -0.162. The van der Waals surface area contributed by atoms with Gasteiger partial charge in [-0.2, -0.15) is 8.42 Å². The van der Waals surface area contributed by atoms with E-state index in [0.717, 1.165) is 5.56 Å². The van der Waals surface area contributed by atoms with Crippen molar-refractivity contribution < 1.29 is 50.4 Å². The van der Waals surface area contributed by atoms with Crippen LogP contribution in [0.2, 0.25) is 0 Å². The van der Waals surface area contributed by atoms with Gasteiger partial charge in [-0.15, -0.1) is 0 Å². The third-order valence-electron chi connectivity index (χ3n) is 5.56. The third-order valence-corrected chi connectivity index (χ3v) is 9.95. The van der Waals surface area contributed by atoms with Crippen molar-refractivity contribution in [3.8, 4) is 11.5 Å². The number of rotatable bonds is 14. The number of esters is 2. The van der Waals surface area contributed by atoms with E-state index in [2.05, 4.69) is 0 Å². The van der Waals surface area contributed by atoms with Crippen molar-refractivity contribution in [2.75, 3.05) is 13.6 Å². The lowest BCUT2D eigenvalue weighted by Gasteiger charge is -2.26. The normalized spacial score (nSPS) is 13.3. The molecule has 0 aliphatic carbocycles. The molecule has 0 aliphatic rings. The van der Waals surface area contributed by atoms with E-state index in [4.69, 9.17) is 23.3 Å². The highest BCUT2D eigenvalue weighted by atomic mass is 32.2. The molecule has 11 nitrogen and oxygen atoms in total. The number of carbonyl (C=O) groups excluding carboxylic acids is 2. The van der Waals surface area contributed by atoms with Crippen LogP contribution >= 0.6 is 7.60 Å². The Morgan fingerprint density at radius 2 is 1.34 bits per heavy atom. The quantitative estimate of drug-likeness (QED) is 0.110. The standard InChI is InChI=1S/C28H39O11PS/c1-27(2,3)25(29)35-19-37-40(31,38-20-36-26(30)28(4,5)6)24(41(32,33)34)17-11-13-21-12-10-16-23(18-21)39-22-14-8-7-9-15-22/h7-10,12,14-16,18,24H,11,13,17,19-20H2,1-6H3,(H,32,33,34)/t24-/m1/s1. The van der Waals surface area contributed by atoms with Gasteiger partial charge in [0, 0.05) is 0 Å². The average Bonchev–Trinajstić information content (AvgIpc) is 2.85. The SMILES string of the molecule is CC(C)(C)C(=O)OCOP(=O)(OCOC(=O)C(C)(C)C)[C@@H](CCCc1cccc(Oc2ccccc2)c1)S(=O)(=O)O. The summed E-state index contributed by atoms with van der Waals surface area (Å²) >= 11 is 0. The number of hydrogen-bond acceptors (Lipinski definition) is 10. The molecule has 0 fully saturated rings. The fraction of sp³-hybridized carbons (Fsp3) is 0.500. The highest BCUT2D eigenvalue weighted by Gasteiger charge is 2.45. The van der Waals surface area contributed by atoms with Gasteiger partial charge in [-0.25, -0.2) is 0 Å². The van der Waals surface area contributed by atoms with Crippen molar-refractivity contribution in [3.05, 3.63) is 60.2 Å². The number of para-hydroxylation sites is 1. The van der Waals surface area contributed by atoms with E-state index >= 15 is 0 Å². The largest absolute Gasteiger partial charge is 0.457 e. The van der Waals surface area contributed by atoms with Crippen molar-refractivity contribution in [2.45, 2.75) is 65.8 Å². The number of aryl methyl sites for hydroxylation is 1. The Kier molecular flexibility index (Phi) is 12.1. The highest BCUT2D eigenvalue weighted by molar-refractivity contribution is 7.94. The zero-order valence-electron chi connectivity index (χ0n) is 24.2. The Labute approximate surface area is 241 Å². The molecule has 2 rings (SSSR count). The second-order valence-electron chi connectivity index (χ2n) is 11.3. The van der Waals surface area contributed by atoms with Crippen LogP contribution in [0.3, 0.4) is 0 Å². The Hall–Kier alpha value is -2.76. The third kappa shape index (κ3) is 11.6. The molecule has 1 N–H and O–H groups in total. The van der Waals surface area contributed by atoms with Gasteiger partial charge in [-0.1, -0.05) is 30.3 Å². The van der Waals surface area contributed by atoms with Crippen LogP contribution in [0.5, 0.6) is 11.5 Å². The first-order valence-corrected chi connectivity index (χ1v) is 16.0. The number of benzene rings is 2. The van der Waals surface area contributed by atoms with Crippen LogP contribution in [0, 0.1) is 10.8 Å². The second kappa shape index (κ2) is 14.4. The smallest absolute Gasteiger partial charge is 0.357 e. The summed E-state index contributed by atoms with van der Waals surface area (Å²) in [6, 6.07) is 16.3. The minimum absolute atomic E-state index is 0.138. The van der Waals surface area contributed by atoms with E-state index in [-0.39, 0.29) is 12.8 Å². The minimum atomic E-state index is -5.00. The van der Waals surface area contributed by atoms with E-state index in [9.17, 15) is 27.1 Å². The van der Waals surface area contributed by atoms with Crippen molar-refractivity contribution in [3.63, 3.8) is 0 Å². The molecule has 0 radical (unpaired) electrons. The molecule has 0 bridgehead atoms. The average molecular weight is 615 g/mol. The maximum absolute atomic E-state index is 13.7. The van der Waals surface area contributed by atoms with Gasteiger partial charge in [0.1, 0.15) is 11.5 Å². The molecule has 0 spiro atoms. The van der Waals surface area contributed by atoms with Crippen LogP contribution in [0.25, 0.3) is 0 Å². The lowest BCUT2D eigenvalue weighted by Crippen LogP contribution is -2.28. The zero-order valence-corrected chi connectivity index (χ0v) is 25.9. The fourth-order valence-corrected chi connectivity index (χ4v) is 6.72. The van der Waals surface area contributed by atoms with Crippen LogP contribution in [-0.4, -0.2) is 43.5 Å². The molecule has 0 amide bonds. The van der Waals surface area contributed by atoms with Crippen LogP contribution in [0.1, 0.15) is 59.9 Å². The Bertz CT molecular complexity index is 1280. The van der Waals surface area contributed by atoms with Gasteiger partial charge < -0.3 is 14.2 Å². The van der Waals surface area contributed by atoms with Crippen molar-refractivity contribution in [1.29, 1.82) is 0 Å². The molecule has 0 saturated heterocycles. The number of ether oxygens (including phenoxy) is 3. The summed E-state index contributed by atoms with van der Waals surface area (Å²) in [6.45, 7) is 7.67. The molecule has 2 aromatic carbocycles. The molecule has 1 atom stereocenters. The van der Waals surface area contributed by atoms with Gasteiger partial charge in [0.15, 0.2) is 4.99 Å². The second-order valence-corrected chi connectivity index (χ2v) is 15.5. The molecule has 0 saturated carbocycles. The molecular formula is C28H39O11PS. The predicted molar refractivity (Wildman–Crippen MR) is 152 cm³/mol. The number of hydrogen-bond donors (Lipinski definition) is 1. The summed E-state index contributed by atoms with van der Waals surface area (Å²) in [5, 5.41) is 0. The molecule has 41 heavy (non-hydrogen) atoms. The van der Waals surface area contributed by atoms with Crippen molar-refractivity contribution in [1.82, 2.24) is 0 Å². The molecule has 0 unspecified atom stereocenters. The van der Waals surface area contributed by atoms with Crippen LogP contribution in [0.4, 0.5) is 0 Å². The molecule has 228 valence electrons. The molecule has 0 aliphatic heterocycles. The van der Waals surface area contributed by atoms with Crippen molar-refractivity contribution in [2.24, 2.45) is 10.8 Å². The molecule has 2 aromatic rings. The summed E-state index contributed by atoms with van der Waals surface area (Å²) in [4.78, 5) is 22.2. The molecular weight excluding hydrogens is 575 g/mol. The summed E-state index contributed by atoms with van der Waals surface area (Å²) in [5.41, 5.74) is -1.04. The molecule has 0 heterocycles. The fourth-order valence-electron chi connectivity index (χ4n) is 3.28. The minimum Gasteiger partial charge on any atom is -0.457 e. The van der Waals surface area contributed by atoms with Gasteiger partial charge in [-0.05, 0) is 90.6 Å². The molecule has 0 aromatic heterocycles. The van der Waals surface area contributed by atoms with Gasteiger partial charge in [-0.3, -0.25) is 27.8 Å². The van der Waals surface area contributed by atoms with E-state index in [1.165, 1.54) is 0 Å². The van der Waals surface area contributed by atoms with Crippen molar-refractivity contribution >= 4 is 29.7 Å². The van der Waals surface area contributed by atoms with Gasteiger partial charge in [0.25, 0.3) is 10.1 Å². The topological polar surface area (TPSA) is 152 Å². The maximum atomic E-state index is 13.7. The first-order chi connectivity index (χ1) is 18.9. The summed E-state index contributed by atoms with van der Waals surface area (Å²) in [5.74, 6) is -0.196. The van der Waals surface area contributed by atoms with Gasteiger partial charge >= 0.3 is 19.5 Å². The highest BCUT2D eigenvalue weighted by Crippen LogP contribution is 2.56. The first-order valence-electron chi connectivity index (χ1n) is 12.9. The van der Waals surface area contributed by atoms with E-state index in [0.29, 0.717) is 17.9 Å². The Balaban J connectivity index is 2.17. The van der Waals surface area contributed by atoms with E-state index < -0.39 is 59.1 Å². The van der Waals surface area contributed by atoms with E-state index in [1.807, 2.05) is 24.3 Å². The van der Waals surface area contributed by atoms with Crippen LogP contribution < -0.4 is 4.74 Å².